The molecule has 17 heteroatoms. The molecule has 76 heavy (non-hydrogen) atoms. The maximum absolute atomic E-state index is 14.3. The fourth-order valence-corrected chi connectivity index (χ4v) is 13.6. The minimum absolute atomic E-state index is 0.00509. The smallest absolute Gasteiger partial charge is 0.268 e. The molecule has 2 saturated carbocycles. The highest BCUT2D eigenvalue weighted by molar-refractivity contribution is 7.90. The Bertz CT molecular complexity index is 3170. The van der Waals surface area contributed by atoms with Gasteiger partial charge >= 0.3 is 0 Å². The summed E-state index contributed by atoms with van der Waals surface area (Å²) in [6, 6.07) is 28.3. The SMILES string of the molecule is COc1ccc(CN2CCN(C3CC4(CCN(c5ccc(C(=O)NS(=O)(=O)c6cc(O)c(NCC7CCC(C)(O)CC7)c7c6OCCO7)c(Oc6cnc7[nH]ccc7c6)c5)CC4)C3)[C@H](c3ccccc3C(C)C)C2)cc1. The molecule has 1 atom stereocenters. The lowest BCUT2D eigenvalue weighted by atomic mass is 9.59. The zero-order valence-electron chi connectivity index (χ0n) is 44.0. The van der Waals surface area contributed by atoms with Crippen molar-refractivity contribution in [1.29, 1.82) is 0 Å². The molecule has 5 N–H and O–H groups in total. The number of piperidine rings is 1. The minimum Gasteiger partial charge on any atom is -0.506 e. The van der Waals surface area contributed by atoms with E-state index in [9.17, 15) is 23.4 Å². The van der Waals surface area contributed by atoms with Crippen LogP contribution in [0.3, 0.4) is 0 Å². The number of hydrogen-bond acceptors (Lipinski definition) is 14. The molecule has 4 fully saturated rings. The van der Waals surface area contributed by atoms with Gasteiger partial charge in [0.15, 0.2) is 11.5 Å². The van der Waals surface area contributed by atoms with Crippen LogP contribution in [0.5, 0.6) is 34.5 Å². The summed E-state index contributed by atoms with van der Waals surface area (Å²) in [5.41, 5.74) is 5.45. The number of aliphatic hydroxyl groups is 1. The minimum atomic E-state index is -4.66. The van der Waals surface area contributed by atoms with Crippen molar-refractivity contribution in [1.82, 2.24) is 24.5 Å². The largest absolute Gasteiger partial charge is 0.506 e. The highest BCUT2D eigenvalue weighted by atomic mass is 32.2. The van der Waals surface area contributed by atoms with Gasteiger partial charge < -0.3 is 44.4 Å². The first-order valence-electron chi connectivity index (χ1n) is 27.0. The number of carbonyl (C=O) groups excluding carboxylic acids is 1. The van der Waals surface area contributed by atoms with Gasteiger partial charge in [0.2, 0.25) is 0 Å². The molecule has 0 radical (unpaired) electrons. The van der Waals surface area contributed by atoms with Crippen LogP contribution >= 0.6 is 0 Å². The number of methoxy groups -OCH3 is 1. The molecule has 5 heterocycles. The Morgan fingerprint density at radius 1 is 0.908 bits per heavy atom. The topological polar surface area (TPSA) is 191 Å². The zero-order valence-corrected chi connectivity index (χ0v) is 44.8. The van der Waals surface area contributed by atoms with Crippen molar-refractivity contribution in [3.63, 3.8) is 0 Å². The molecule has 1 amide bonds. The maximum Gasteiger partial charge on any atom is 0.268 e. The zero-order chi connectivity index (χ0) is 52.8. The first-order valence-corrected chi connectivity index (χ1v) is 28.5. The fraction of sp³-hybridized carbons (Fsp3) is 0.458. The lowest BCUT2D eigenvalue weighted by Gasteiger charge is -2.58. The number of nitrogens with zero attached hydrogens (tertiary/aromatic N) is 4. The monoisotopic (exact) mass is 1050 g/mol. The number of phenolic OH excluding ortho intramolecular Hbond substituents is 1. The van der Waals surface area contributed by atoms with Crippen LogP contribution in [0.15, 0.2) is 102 Å². The summed E-state index contributed by atoms with van der Waals surface area (Å²) in [5.74, 6) is 0.734. The van der Waals surface area contributed by atoms with E-state index in [0.29, 0.717) is 48.8 Å². The summed E-state index contributed by atoms with van der Waals surface area (Å²) < 4.78 is 54.5. The van der Waals surface area contributed by atoms with Gasteiger partial charge in [0.25, 0.3) is 15.9 Å². The van der Waals surface area contributed by atoms with Crippen LogP contribution in [0.25, 0.3) is 11.0 Å². The number of sulfonamides is 1. The highest BCUT2D eigenvalue weighted by Crippen LogP contribution is 2.54. The van der Waals surface area contributed by atoms with Crippen LogP contribution in [0.2, 0.25) is 0 Å². The number of ether oxygens (including phenoxy) is 4. The average molecular weight is 1050 g/mol. The van der Waals surface area contributed by atoms with Crippen LogP contribution in [-0.4, -0.2) is 116 Å². The number of aromatic hydroxyl groups is 1. The molecule has 4 aromatic carbocycles. The van der Waals surface area contributed by atoms with E-state index < -0.39 is 26.4 Å². The number of phenols is 1. The van der Waals surface area contributed by atoms with E-state index >= 15 is 0 Å². The molecule has 3 aliphatic heterocycles. The summed E-state index contributed by atoms with van der Waals surface area (Å²) in [6.07, 6.45) is 10.6. The third-order valence-corrected chi connectivity index (χ3v) is 18.2. The maximum atomic E-state index is 14.3. The molecule has 6 aromatic rings. The molecule has 16 nitrogen and oxygen atoms in total. The number of piperazine rings is 1. The number of amides is 1. The number of H-pyrrole nitrogens is 1. The molecular weight excluding hydrogens is 983 g/mol. The Balaban J connectivity index is 0.794. The lowest BCUT2D eigenvalue weighted by Crippen LogP contribution is -2.60. The van der Waals surface area contributed by atoms with Gasteiger partial charge in [0.1, 0.15) is 52.4 Å². The number of aromatic nitrogens is 2. The van der Waals surface area contributed by atoms with Crippen LogP contribution in [0, 0.1) is 11.3 Å². The predicted molar refractivity (Wildman–Crippen MR) is 293 cm³/mol. The van der Waals surface area contributed by atoms with Gasteiger partial charge in [-0.3, -0.25) is 14.6 Å². The van der Waals surface area contributed by atoms with Gasteiger partial charge in [0, 0.05) is 87.3 Å². The lowest BCUT2D eigenvalue weighted by molar-refractivity contribution is -0.0628. The fourth-order valence-electron chi connectivity index (χ4n) is 12.5. The number of pyridine rings is 1. The molecular formula is C59H71N7O9S. The Morgan fingerprint density at radius 3 is 2.41 bits per heavy atom. The second-order valence-electron chi connectivity index (χ2n) is 22.4. The van der Waals surface area contributed by atoms with Gasteiger partial charge in [-0.05, 0) is 129 Å². The van der Waals surface area contributed by atoms with E-state index in [0.717, 1.165) is 101 Å². The number of rotatable bonds is 15. The Labute approximate surface area is 445 Å². The Hall–Kier alpha value is -6.53. The number of anilines is 2. The Morgan fingerprint density at radius 2 is 1.66 bits per heavy atom. The average Bonchev–Trinajstić information content (AvgIpc) is 3.94. The van der Waals surface area contributed by atoms with Crippen LogP contribution < -0.4 is 33.9 Å². The van der Waals surface area contributed by atoms with Crippen molar-refractivity contribution in [2.24, 2.45) is 11.3 Å². The van der Waals surface area contributed by atoms with Gasteiger partial charge in [-0.2, -0.15) is 0 Å². The normalized spacial score (nSPS) is 22.1. The van der Waals surface area contributed by atoms with E-state index in [2.05, 4.69) is 97.1 Å². The first kappa shape index (κ1) is 51.6. The summed E-state index contributed by atoms with van der Waals surface area (Å²) in [5, 5.41) is 25.8. The summed E-state index contributed by atoms with van der Waals surface area (Å²) in [4.78, 5) is 29.3. The summed E-state index contributed by atoms with van der Waals surface area (Å²) >= 11 is 0. The third-order valence-electron chi connectivity index (χ3n) is 16.9. The molecule has 0 bridgehead atoms. The number of nitrogens with one attached hydrogen (secondary N) is 3. The van der Waals surface area contributed by atoms with E-state index in [4.69, 9.17) is 18.9 Å². The first-order chi connectivity index (χ1) is 36.6. The molecule has 2 aromatic heterocycles. The number of benzene rings is 4. The van der Waals surface area contributed by atoms with Crippen molar-refractivity contribution in [2.45, 2.75) is 107 Å². The summed E-state index contributed by atoms with van der Waals surface area (Å²) in [6.45, 7) is 12.7. The molecule has 0 unspecified atom stereocenters. The predicted octanol–water partition coefficient (Wildman–Crippen LogP) is 9.74. The number of aromatic amines is 1. The van der Waals surface area contributed by atoms with Gasteiger partial charge in [-0.15, -0.1) is 0 Å². The van der Waals surface area contributed by atoms with Crippen LogP contribution in [0.1, 0.15) is 111 Å². The molecule has 2 saturated heterocycles. The second kappa shape index (κ2) is 21.1. The van der Waals surface area contributed by atoms with Gasteiger partial charge in [0.05, 0.1) is 24.5 Å². The van der Waals surface area contributed by atoms with E-state index in [1.165, 1.54) is 16.7 Å². The molecule has 5 aliphatic rings. The molecule has 2 aliphatic carbocycles. The van der Waals surface area contributed by atoms with Gasteiger partial charge in [-0.25, -0.2) is 18.1 Å². The number of hydrogen-bond donors (Lipinski definition) is 5. The summed E-state index contributed by atoms with van der Waals surface area (Å²) in [7, 11) is -2.95. The van der Waals surface area contributed by atoms with Gasteiger partial charge in [-0.1, -0.05) is 50.2 Å². The Kier molecular flexibility index (Phi) is 14.3. The van der Waals surface area contributed by atoms with Crippen molar-refractivity contribution in [2.75, 3.05) is 69.8 Å². The van der Waals surface area contributed by atoms with Crippen molar-refractivity contribution in [3.05, 3.63) is 120 Å². The quantitative estimate of drug-likeness (QED) is 0.0611. The second-order valence-corrected chi connectivity index (χ2v) is 24.1. The number of fused-ring (bicyclic) bond motifs is 2. The van der Waals surface area contributed by atoms with Crippen LogP contribution in [-0.2, 0) is 16.6 Å². The van der Waals surface area contributed by atoms with E-state index in [1.54, 1.807) is 25.6 Å². The van der Waals surface area contributed by atoms with Crippen molar-refractivity contribution in [3.8, 4) is 34.5 Å². The number of carbonyl (C=O) groups is 1. The molecule has 402 valence electrons. The van der Waals surface area contributed by atoms with E-state index in [1.807, 2.05) is 31.2 Å². The molecule has 11 rings (SSSR count). The standard InChI is InChI=1S/C59H71N7O9S/c1-38(2)46-7-5-6-8-47(46)49-37-64(36-40-9-12-44(72-4)13-10-40)25-26-66(49)43-32-59(33-43)20-23-65(24-21-59)42-11-14-48(51(30-42)75-45-29-41-17-22-60-56(41)62-35-45)57(68)63-76(70,71)52-31-50(67)53(55-54(52)73-27-28-74-55)61-34-39-15-18-58(3,69)19-16-39/h5-14,17,22,29-31,35,38-39,43,49,61,67,69H,15-16,18-21,23-28,32-34,36-37H2,1-4H3,(H,60,62)(H,63,68)/t39?,49-,58?/m0/s1. The highest BCUT2D eigenvalue weighted by Gasteiger charge is 2.50. The van der Waals surface area contributed by atoms with E-state index in [-0.39, 0.29) is 58.8 Å². The van der Waals surface area contributed by atoms with Crippen LogP contribution in [0.4, 0.5) is 11.4 Å². The third kappa shape index (κ3) is 10.8. The van der Waals surface area contributed by atoms with Crippen molar-refractivity contribution < 1.29 is 42.4 Å². The van der Waals surface area contributed by atoms with Crippen molar-refractivity contribution >= 4 is 38.3 Å². The molecule has 1 spiro atoms.